The summed E-state index contributed by atoms with van der Waals surface area (Å²) in [6.45, 7) is 6.71. The van der Waals surface area contributed by atoms with Crippen LogP contribution in [-0.4, -0.2) is 56.8 Å². The van der Waals surface area contributed by atoms with Crippen molar-refractivity contribution in [3.63, 3.8) is 0 Å². The van der Waals surface area contributed by atoms with E-state index in [-0.39, 0.29) is 12.4 Å². The molecular formula is C19H28FN5O. The van der Waals surface area contributed by atoms with Gasteiger partial charge in [-0.05, 0) is 38.0 Å². The van der Waals surface area contributed by atoms with E-state index in [1.54, 1.807) is 13.2 Å². The number of nitrogens with one attached hydrogen (secondary N) is 2. The average molecular weight is 361 g/mol. The Morgan fingerprint density at radius 3 is 2.85 bits per heavy atom. The fourth-order valence-electron chi connectivity index (χ4n) is 2.96. The smallest absolute Gasteiger partial charge is 0.191 e. The van der Waals surface area contributed by atoms with E-state index in [0.29, 0.717) is 23.1 Å². The number of rotatable bonds is 7. The maximum Gasteiger partial charge on any atom is 0.191 e. The van der Waals surface area contributed by atoms with Crippen LogP contribution in [0.4, 0.5) is 4.39 Å². The van der Waals surface area contributed by atoms with Crippen molar-refractivity contribution >= 4 is 5.96 Å². The van der Waals surface area contributed by atoms with Crippen molar-refractivity contribution in [1.29, 1.82) is 5.26 Å². The molecule has 1 aromatic rings. The van der Waals surface area contributed by atoms with Crippen molar-refractivity contribution < 1.29 is 9.13 Å². The van der Waals surface area contributed by atoms with Crippen LogP contribution in [0.25, 0.3) is 0 Å². The highest BCUT2D eigenvalue weighted by atomic mass is 19.1. The van der Waals surface area contributed by atoms with Crippen LogP contribution in [0.1, 0.15) is 30.9 Å². The second-order valence-corrected chi connectivity index (χ2v) is 6.37. The zero-order chi connectivity index (χ0) is 18.8. The Kier molecular flexibility index (Phi) is 8.32. The molecular weight excluding hydrogens is 333 g/mol. The molecule has 0 amide bonds. The molecule has 0 radical (unpaired) electrons. The van der Waals surface area contributed by atoms with E-state index in [1.165, 1.54) is 12.1 Å². The molecule has 0 bridgehead atoms. The number of piperidine rings is 1. The Morgan fingerprint density at radius 2 is 2.19 bits per heavy atom. The summed E-state index contributed by atoms with van der Waals surface area (Å²) in [6.07, 6.45) is 2.07. The minimum Gasteiger partial charge on any atom is -0.383 e. The summed E-state index contributed by atoms with van der Waals surface area (Å²) in [6, 6.07) is 6.73. The summed E-state index contributed by atoms with van der Waals surface area (Å²) >= 11 is 0. The van der Waals surface area contributed by atoms with E-state index in [9.17, 15) is 4.39 Å². The lowest BCUT2D eigenvalue weighted by Crippen LogP contribution is -2.49. The van der Waals surface area contributed by atoms with Crippen LogP contribution >= 0.6 is 0 Å². The van der Waals surface area contributed by atoms with E-state index >= 15 is 0 Å². The van der Waals surface area contributed by atoms with Gasteiger partial charge in [0.25, 0.3) is 0 Å². The molecule has 6 nitrogen and oxygen atoms in total. The quantitative estimate of drug-likeness (QED) is 0.573. The van der Waals surface area contributed by atoms with Crippen molar-refractivity contribution in [2.45, 2.75) is 32.4 Å². The third kappa shape index (κ3) is 6.28. The number of ether oxygens (including phenoxy) is 1. The SMILES string of the molecule is CCNC(=NCc1cc(C#N)ccc1F)NC1CCN(CCOC)CC1. The van der Waals surface area contributed by atoms with Crippen LogP contribution in [0.15, 0.2) is 23.2 Å². The highest BCUT2D eigenvalue weighted by Crippen LogP contribution is 2.12. The van der Waals surface area contributed by atoms with Gasteiger partial charge in [-0.3, -0.25) is 0 Å². The molecule has 0 unspecified atom stereocenters. The highest BCUT2D eigenvalue weighted by molar-refractivity contribution is 5.80. The van der Waals surface area contributed by atoms with E-state index in [1.807, 2.05) is 13.0 Å². The average Bonchev–Trinajstić information content (AvgIpc) is 2.66. The van der Waals surface area contributed by atoms with E-state index in [0.717, 1.165) is 45.6 Å². The predicted molar refractivity (Wildman–Crippen MR) is 100 cm³/mol. The third-order valence-corrected chi connectivity index (χ3v) is 4.47. The summed E-state index contributed by atoms with van der Waals surface area (Å²) in [5.41, 5.74) is 0.869. The molecule has 0 saturated carbocycles. The lowest BCUT2D eigenvalue weighted by atomic mass is 10.1. The fraction of sp³-hybridized carbons (Fsp3) is 0.579. The van der Waals surface area contributed by atoms with Crippen LogP contribution in [0.3, 0.4) is 0 Å². The molecule has 2 N–H and O–H groups in total. The van der Waals surface area contributed by atoms with Gasteiger partial charge in [-0.1, -0.05) is 0 Å². The van der Waals surface area contributed by atoms with Crippen LogP contribution in [-0.2, 0) is 11.3 Å². The van der Waals surface area contributed by atoms with Gasteiger partial charge in [0.1, 0.15) is 5.82 Å². The van der Waals surface area contributed by atoms with Gasteiger partial charge in [-0.15, -0.1) is 0 Å². The first-order valence-corrected chi connectivity index (χ1v) is 9.11. The first kappa shape index (κ1) is 20.1. The van der Waals surface area contributed by atoms with Crippen molar-refractivity contribution in [3.8, 4) is 6.07 Å². The Hall–Kier alpha value is -2.17. The maximum absolute atomic E-state index is 13.9. The number of halogens is 1. The molecule has 1 aliphatic heterocycles. The molecule has 0 aliphatic carbocycles. The molecule has 0 spiro atoms. The Bertz CT molecular complexity index is 635. The zero-order valence-electron chi connectivity index (χ0n) is 15.6. The second-order valence-electron chi connectivity index (χ2n) is 6.37. The van der Waals surface area contributed by atoms with Crippen LogP contribution in [0.5, 0.6) is 0 Å². The topological polar surface area (TPSA) is 72.7 Å². The highest BCUT2D eigenvalue weighted by Gasteiger charge is 2.19. The predicted octanol–water partition coefficient (Wildman–Crippen LogP) is 1.86. The maximum atomic E-state index is 13.9. The van der Waals surface area contributed by atoms with Crippen LogP contribution in [0, 0.1) is 17.1 Å². The Labute approximate surface area is 155 Å². The third-order valence-electron chi connectivity index (χ3n) is 4.47. The van der Waals surface area contributed by atoms with Crippen molar-refractivity contribution in [2.24, 2.45) is 4.99 Å². The van der Waals surface area contributed by atoms with Gasteiger partial charge in [0.15, 0.2) is 5.96 Å². The number of hydrogen-bond acceptors (Lipinski definition) is 4. The van der Waals surface area contributed by atoms with Crippen molar-refractivity contribution in [1.82, 2.24) is 15.5 Å². The number of nitriles is 1. The number of methoxy groups -OCH3 is 1. The van der Waals surface area contributed by atoms with Gasteiger partial charge in [0.05, 0.1) is 24.8 Å². The lowest BCUT2D eigenvalue weighted by Gasteiger charge is -2.32. The molecule has 1 aromatic carbocycles. The number of nitrogens with zero attached hydrogens (tertiary/aromatic N) is 3. The van der Waals surface area contributed by atoms with Crippen LogP contribution < -0.4 is 10.6 Å². The minimum atomic E-state index is -0.338. The number of benzene rings is 1. The second kappa shape index (κ2) is 10.7. The summed E-state index contributed by atoms with van der Waals surface area (Å²) in [4.78, 5) is 6.89. The molecule has 1 heterocycles. The van der Waals surface area contributed by atoms with Gasteiger partial charge in [0, 0.05) is 44.9 Å². The molecule has 142 valence electrons. The molecule has 2 rings (SSSR count). The largest absolute Gasteiger partial charge is 0.383 e. The monoisotopic (exact) mass is 361 g/mol. The zero-order valence-corrected chi connectivity index (χ0v) is 15.6. The summed E-state index contributed by atoms with van der Waals surface area (Å²) in [5.74, 6) is 0.347. The number of hydrogen-bond donors (Lipinski definition) is 2. The Morgan fingerprint density at radius 1 is 1.42 bits per heavy atom. The standard InChI is InChI=1S/C19H28FN5O/c1-3-22-19(23-14-16-12-15(13-21)4-5-18(16)20)24-17-6-8-25(9-7-17)10-11-26-2/h4-5,12,17H,3,6-11,14H2,1-2H3,(H2,22,23,24). The first-order valence-electron chi connectivity index (χ1n) is 9.11. The molecule has 1 saturated heterocycles. The summed E-state index contributed by atoms with van der Waals surface area (Å²) in [5, 5.41) is 15.6. The van der Waals surface area contributed by atoms with E-state index < -0.39 is 0 Å². The van der Waals surface area contributed by atoms with Gasteiger partial charge >= 0.3 is 0 Å². The first-order chi connectivity index (χ1) is 12.7. The molecule has 1 aliphatic rings. The van der Waals surface area contributed by atoms with Crippen molar-refractivity contribution in [3.05, 3.63) is 35.1 Å². The van der Waals surface area contributed by atoms with E-state index in [4.69, 9.17) is 10.00 Å². The lowest BCUT2D eigenvalue weighted by molar-refractivity contribution is 0.128. The number of likely N-dealkylation sites (tertiary alicyclic amines) is 1. The van der Waals surface area contributed by atoms with Crippen molar-refractivity contribution in [2.75, 3.05) is 39.9 Å². The Balaban J connectivity index is 1.92. The molecule has 0 aromatic heterocycles. The van der Waals surface area contributed by atoms with Gasteiger partial charge in [0.2, 0.25) is 0 Å². The fourth-order valence-corrected chi connectivity index (χ4v) is 2.96. The van der Waals surface area contributed by atoms with E-state index in [2.05, 4.69) is 20.5 Å². The van der Waals surface area contributed by atoms with Gasteiger partial charge in [-0.25, -0.2) is 9.38 Å². The minimum absolute atomic E-state index is 0.198. The molecule has 26 heavy (non-hydrogen) atoms. The number of aliphatic imine (C=N–C) groups is 1. The summed E-state index contributed by atoms with van der Waals surface area (Å²) in [7, 11) is 1.72. The summed E-state index contributed by atoms with van der Waals surface area (Å²) < 4.78 is 19.0. The molecule has 1 fully saturated rings. The molecule has 0 atom stereocenters. The van der Waals surface area contributed by atoms with Gasteiger partial charge in [-0.2, -0.15) is 5.26 Å². The van der Waals surface area contributed by atoms with Gasteiger partial charge < -0.3 is 20.3 Å². The van der Waals surface area contributed by atoms with Crippen LogP contribution in [0.2, 0.25) is 0 Å². The normalized spacial score (nSPS) is 16.3. The number of guanidine groups is 1. The molecule has 7 heteroatoms.